The predicted octanol–water partition coefficient (Wildman–Crippen LogP) is 6.64. The van der Waals surface area contributed by atoms with E-state index in [0.29, 0.717) is 17.6 Å². The van der Waals surface area contributed by atoms with Crippen LogP contribution in [0.15, 0.2) is 42.5 Å². The number of ether oxygens (including phenoxy) is 1. The van der Waals surface area contributed by atoms with Gasteiger partial charge in [-0.1, -0.05) is 78.8 Å². The summed E-state index contributed by atoms with van der Waals surface area (Å²) in [5.41, 5.74) is 4.57. The van der Waals surface area contributed by atoms with Gasteiger partial charge in [-0.05, 0) is 53.0 Å². The Labute approximate surface area is 170 Å². The summed E-state index contributed by atoms with van der Waals surface area (Å²) in [6.45, 7) is 16.9. The fraction of sp³-hybridized carbons (Fsp3) is 0.480. The first-order valence-corrected chi connectivity index (χ1v) is 10.2. The van der Waals surface area contributed by atoms with Crippen LogP contribution in [-0.2, 0) is 10.2 Å². The number of carbonyl (C=O) groups excluding carboxylic acids is 1. The maximum atomic E-state index is 12.9. The number of hydrogen-bond acceptors (Lipinski definition) is 2. The van der Waals surface area contributed by atoms with Gasteiger partial charge in [-0.15, -0.1) is 0 Å². The van der Waals surface area contributed by atoms with E-state index in [1.807, 2.05) is 12.1 Å². The van der Waals surface area contributed by atoms with Crippen molar-refractivity contribution in [2.45, 2.75) is 78.7 Å². The fourth-order valence-corrected chi connectivity index (χ4v) is 3.21. The predicted molar refractivity (Wildman–Crippen MR) is 118 cm³/mol. The second kappa shape index (κ2) is 8.81. The van der Waals surface area contributed by atoms with E-state index in [-0.39, 0.29) is 11.3 Å². The smallest absolute Gasteiger partial charge is 0.265 e. The molecule has 2 rings (SSSR count). The van der Waals surface area contributed by atoms with Gasteiger partial charge in [0.15, 0.2) is 6.10 Å². The molecule has 0 aromatic heterocycles. The lowest BCUT2D eigenvalue weighted by Gasteiger charge is -2.22. The highest BCUT2D eigenvalue weighted by molar-refractivity contribution is 5.95. The highest BCUT2D eigenvalue weighted by atomic mass is 16.5. The summed E-state index contributed by atoms with van der Waals surface area (Å²) in [6.07, 6.45) is -0.583. The average molecular weight is 382 g/mol. The van der Waals surface area contributed by atoms with Gasteiger partial charge < -0.3 is 10.1 Å². The van der Waals surface area contributed by atoms with Gasteiger partial charge in [-0.3, -0.25) is 4.79 Å². The second-order valence-electron chi connectivity index (χ2n) is 9.14. The van der Waals surface area contributed by atoms with E-state index in [1.54, 1.807) is 6.92 Å². The zero-order chi connectivity index (χ0) is 21.1. The van der Waals surface area contributed by atoms with Crippen molar-refractivity contribution in [1.82, 2.24) is 0 Å². The van der Waals surface area contributed by atoms with E-state index in [1.165, 1.54) is 5.56 Å². The van der Waals surface area contributed by atoms with E-state index < -0.39 is 6.10 Å². The molecule has 0 radical (unpaired) electrons. The van der Waals surface area contributed by atoms with Gasteiger partial charge in [0, 0.05) is 5.69 Å². The first kappa shape index (κ1) is 22.0. The first-order chi connectivity index (χ1) is 13.0. The molecule has 28 heavy (non-hydrogen) atoms. The SMILES string of the molecule is CC(Oc1ccc(C(C)(C)C)cc1)C(=O)Nc1c(C(C)C)cccc1C(C)C. The number of carbonyl (C=O) groups is 1. The van der Waals surface area contributed by atoms with Crippen LogP contribution < -0.4 is 10.1 Å². The van der Waals surface area contributed by atoms with Gasteiger partial charge in [0.05, 0.1) is 0 Å². The average Bonchev–Trinajstić information content (AvgIpc) is 2.61. The van der Waals surface area contributed by atoms with Crippen LogP contribution in [0.5, 0.6) is 5.75 Å². The van der Waals surface area contributed by atoms with Gasteiger partial charge in [0.1, 0.15) is 5.75 Å². The van der Waals surface area contributed by atoms with Crippen LogP contribution in [0.3, 0.4) is 0 Å². The van der Waals surface area contributed by atoms with Crippen LogP contribution in [0.4, 0.5) is 5.69 Å². The molecule has 2 aromatic rings. The lowest BCUT2D eigenvalue weighted by atomic mass is 9.87. The van der Waals surface area contributed by atoms with E-state index >= 15 is 0 Å². The van der Waals surface area contributed by atoms with Crippen LogP contribution in [0.1, 0.15) is 83.9 Å². The Hall–Kier alpha value is -2.29. The minimum absolute atomic E-state index is 0.0926. The number of anilines is 1. The van der Waals surface area contributed by atoms with Gasteiger partial charge in [0.2, 0.25) is 0 Å². The van der Waals surface area contributed by atoms with Crippen molar-refractivity contribution >= 4 is 11.6 Å². The quantitative estimate of drug-likeness (QED) is 0.609. The van der Waals surface area contributed by atoms with Gasteiger partial charge >= 0.3 is 0 Å². The van der Waals surface area contributed by atoms with E-state index in [9.17, 15) is 4.79 Å². The van der Waals surface area contributed by atoms with Gasteiger partial charge in [-0.25, -0.2) is 0 Å². The van der Waals surface area contributed by atoms with Crippen molar-refractivity contribution in [3.8, 4) is 5.75 Å². The Bertz CT molecular complexity index is 772. The number of amides is 1. The standard InChI is InChI=1S/C25H35NO2/c1-16(2)21-10-9-11-22(17(3)4)23(21)26-24(27)18(5)28-20-14-12-19(13-15-20)25(6,7)8/h9-18H,1-8H3,(H,26,27). The summed E-state index contributed by atoms with van der Waals surface area (Å²) >= 11 is 0. The molecule has 0 fully saturated rings. The lowest BCUT2D eigenvalue weighted by Crippen LogP contribution is -2.31. The molecule has 0 aliphatic heterocycles. The molecule has 0 aliphatic carbocycles. The third kappa shape index (κ3) is 5.37. The molecule has 1 amide bonds. The summed E-state index contributed by atoms with van der Waals surface area (Å²) in [4.78, 5) is 12.9. The largest absolute Gasteiger partial charge is 0.481 e. The Morgan fingerprint density at radius 1 is 0.857 bits per heavy atom. The van der Waals surface area contributed by atoms with Gasteiger partial charge in [-0.2, -0.15) is 0 Å². The van der Waals surface area contributed by atoms with Crippen molar-refractivity contribution in [2.75, 3.05) is 5.32 Å². The summed E-state index contributed by atoms with van der Waals surface area (Å²) in [5.74, 6) is 1.23. The zero-order valence-electron chi connectivity index (χ0n) is 18.6. The van der Waals surface area contributed by atoms with Crippen LogP contribution in [-0.4, -0.2) is 12.0 Å². The number of benzene rings is 2. The Morgan fingerprint density at radius 2 is 1.36 bits per heavy atom. The summed E-state index contributed by atoms with van der Waals surface area (Å²) in [6, 6.07) is 14.2. The normalized spacial score (nSPS) is 12.9. The van der Waals surface area contributed by atoms with E-state index in [4.69, 9.17) is 4.74 Å². The Morgan fingerprint density at radius 3 is 1.79 bits per heavy atom. The van der Waals surface area contributed by atoms with E-state index in [2.05, 4.69) is 84.1 Å². The number of rotatable bonds is 6. The van der Waals surface area contributed by atoms with E-state index in [0.717, 1.165) is 16.8 Å². The zero-order valence-corrected chi connectivity index (χ0v) is 18.6. The molecule has 2 aromatic carbocycles. The lowest BCUT2D eigenvalue weighted by molar-refractivity contribution is -0.122. The fourth-order valence-electron chi connectivity index (χ4n) is 3.21. The molecule has 152 valence electrons. The summed E-state index contributed by atoms with van der Waals surface area (Å²) < 4.78 is 5.90. The molecule has 0 aliphatic rings. The van der Waals surface area contributed by atoms with Crippen LogP contribution in [0.25, 0.3) is 0 Å². The van der Waals surface area contributed by atoms with Crippen molar-refractivity contribution < 1.29 is 9.53 Å². The Balaban J connectivity index is 2.17. The molecular formula is C25H35NO2. The Kier molecular flexibility index (Phi) is 6.92. The molecule has 1 unspecified atom stereocenters. The molecular weight excluding hydrogens is 346 g/mol. The molecule has 3 heteroatoms. The summed E-state index contributed by atoms with van der Waals surface area (Å²) in [5, 5.41) is 3.13. The van der Waals surface area contributed by atoms with Crippen molar-refractivity contribution in [1.29, 1.82) is 0 Å². The highest BCUT2D eigenvalue weighted by Crippen LogP contribution is 2.32. The molecule has 0 spiro atoms. The minimum atomic E-state index is -0.583. The number of hydrogen-bond donors (Lipinski definition) is 1. The summed E-state index contributed by atoms with van der Waals surface area (Å²) in [7, 11) is 0. The molecule has 0 bridgehead atoms. The van der Waals surface area contributed by atoms with Crippen molar-refractivity contribution in [3.05, 3.63) is 59.2 Å². The molecule has 3 nitrogen and oxygen atoms in total. The van der Waals surface area contributed by atoms with Crippen LogP contribution >= 0.6 is 0 Å². The molecule has 1 atom stereocenters. The maximum Gasteiger partial charge on any atom is 0.265 e. The van der Waals surface area contributed by atoms with Crippen LogP contribution in [0.2, 0.25) is 0 Å². The number of nitrogens with one attached hydrogen (secondary N) is 1. The number of para-hydroxylation sites is 1. The third-order valence-corrected chi connectivity index (χ3v) is 5.02. The maximum absolute atomic E-state index is 12.9. The molecule has 0 heterocycles. The van der Waals surface area contributed by atoms with Crippen molar-refractivity contribution in [2.24, 2.45) is 0 Å². The van der Waals surface area contributed by atoms with Crippen LogP contribution in [0, 0.1) is 0 Å². The molecule has 0 saturated carbocycles. The van der Waals surface area contributed by atoms with Crippen molar-refractivity contribution in [3.63, 3.8) is 0 Å². The second-order valence-corrected chi connectivity index (χ2v) is 9.14. The first-order valence-electron chi connectivity index (χ1n) is 10.2. The minimum Gasteiger partial charge on any atom is -0.481 e. The molecule has 0 saturated heterocycles. The topological polar surface area (TPSA) is 38.3 Å². The van der Waals surface area contributed by atoms with Gasteiger partial charge in [0.25, 0.3) is 5.91 Å². The molecule has 1 N–H and O–H groups in total. The monoisotopic (exact) mass is 381 g/mol. The highest BCUT2D eigenvalue weighted by Gasteiger charge is 2.21. The third-order valence-electron chi connectivity index (χ3n) is 5.02.